The van der Waals surface area contributed by atoms with Crippen molar-refractivity contribution in [3.8, 4) is 0 Å². The molecule has 0 radical (unpaired) electrons. The molecule has 0 atom stereocenters. The van der Waals surface area contributed by atoms with Gasteiger partial charge in [-0.3, -0.25) is 0 Å². The maximum atomic E-state index is 12.6. The average Bonchev–Trinajstić information content (AvgIpc) is 2.41. The van der Waals surface area contributed by atoms with E-state index in [9.17, 15) is 17.2 Å². The number of imidazole rings is 1. The zero-order chi connectivity index (χ0) is 12.5. The van der Waals surface area contributed by atoms with Crippen molar-refractivity contribution < 1.29 is 17.2 Å². The molecule has 0 aliphatic rings. The Labute approximate surface area is 104 Å². The fourth-order valence-electron chi connectivity index (χ4n) is 1.05. The fourth-order valence-corrected chi connectivity index (χ4v) is 3.54. The van der Waals surface area contributed by atoms with Crippen molar-refractivity contribution in [2.45, 2.75) is 11.6 Å². The van der Waals surface area contributed by atoms with Crippen LogP contribution in [0.3, 0.4) is 0 Å². The molecule has 0 N–H and O–H groups in total. The van der Waals surface area contributed by atoms with Gasteiger partial charge in [0.25, 0.3) is 0 Å². The SMILES string of the molecule is C=CCS(=O)(=O)c1c(Cl)nc(Br)n1C(F)F. The molecule has 0 amide bonds. The van der Waals surface area contributed by atoms with E-state index >= 15 is 0 Å². The highest BCUT2D eigenvalue weighted by molar-refractivity contribution is 9.10. The van der Waals surface area contributed by atoms with Crippen LogP contribution in [0.15, 0.2) is 22.4 Å². The normalized spacial score (nSPS) is 12.1. The number of hydrogen-bond acceptors (Lipinski definition) is 3. The molecule has 0 aliphatic carbocycles. The van der Waals surface area contributed by atoms with Crippen LogP contribution in [0.25, 0.3) is 0 Å². The number of alkyl halides is 2. The Hall–Kier alpha value is -0.470. The largest absolute Gasteiger partial charge is 0.321 e. The van der Waals surface area contributed by atoms with Crippen molar-refractivity contribution in [2.24, 2.45) is 0 Å². The van der Waals surface area contributed by atoms with Crippen LogP contribution in [0.2, 0.25) is 5.15 Å². The second-order valence-corrected chi connectivity index (χ2v) is 5.71. The van der Waals surface area contributed by atoms with Crippen LogP contribution >= 0.6 is 27.5 Å². The van der Waals surface area contributed by atoms with Crippen LogP contribution in [0.1, 0.15) is 6.55 Å². The summed E-state index contributed by atoms with van der Waals surface area (Å²) in [4.78, 5) is 3.43. The number of aromatic nitrogens is 2. The van der Waals surface area contributed by atoms with E-state index in [0.717, 1.165) is 6.08 Å². The molecule has 1 aromatic heterocycles. The molecule has 9 heteroatoms. The molecule has 0 saturated carbocycles. The monoisotopic (exact) mass is 334 g/mol. The van der Waals surface area contributed by atoms with Gasteiger partial charge in [-0.25, -0.2) is 18.0 Å². The Bertz CT molecular complexity index is 515. The summed E-state index contributed by atoms with van der Waals surface area (Å²) in [5.74, 6) is -0.489. The summed E-state index contributed by atoms with van der Waals surface area (Å²) in [5, 5.41) is -1.20. The zero-order valence-electron chi connectivity index (χ0n) is 7.70. The first-order valence-corrected chi connectivity index (χ1v) is 6.68. The molecule has 0 spiro atoms. The lowest BCUT2D eigenvalue weighted by Crippen LogP contribution is -2.13. The number of halogens is 4. The van der Waals surface area contributed by atoms with Crippen molar-refractivity contribution in [3.05, 3.63) is 22.5 Å². The molecule has 90 valence electrons. The lowest BCUT2D eigenvalue weighted by Gasteiger charge is -2.07. The van der Waals surface area contributed by atoms with E-state index < -0.39 is 32.3 Å². The summed E-state index contributed by atoms with van der Waals surface area (Å²) in [6.07, 6.45) is 1.09. The van der Waals surface area contributed by atoms with Gasteiger partial charge in [-0.2, -0.15) is 8.78 Å². The quantitative estimate of drug-likeness (QED) is 0.795. The van der Waals surface area contributed by atoms with Gasteiger partial charge in [0.1, 0.15) is 0 Å². The topological polar surface area (TPSA) is 52.0 Å². The third-order valence-electron chi connectivity index (χ3n) is 1.61. The third-order valence-corrected chi connectivity index (χ3v) is 4.20. The standard InChI is InChI=1S/C7H6BrClF2N2O2S/c1-2-3-16(14,15)5-4(9)12-6(8)13(5)7(10)11/h2,7H,1,3H2. The Morgan fingerprint density at radius 1 is 1.62 bits per heavy atom. The van der Waals surface area contributed by atoms with Gasteiger partial charge in [-0.05, 0) is 15.9 Å². The van der Waals surface area contributed by atoms with Crippen molar-refractivity contribution in [1.82, 2.24) is 9.55 Å². The van der Waals surface area contributed by atoms with Gasteiger partial charge in [0, 0.05) is 0 Å². The number of sulfone groups is 1. The van der Waals surface area contributed by atoms with Crippen LogP contribution in [0.5, 0.6) is 0 Å². The van der Waals surface area contributed by atoms with Gasteiger partial charge in [0.05, 0.1) is 5.75 Å². The van der Waals surface area contributed by atoms with E-state index in [1.165, 1.54) is 0 Å². The Morgan fingerprint density at radius 2 is 2.19 bits per heavy atom. The van der Waals surface area contributed by atoms with Crippen LogP contribution < -0.4 is 0 Å². The summed E-state index contributed by atoms with van der Waals surface area (Å²) in [6.45, 7) is 0.179. The predicted molar refractivity (Wildman–Crippen MR) is 58.4 cm³/mol. The maximum absolute atomic E-state index is 12.6. The molecule has 16 heavy (non-hydrogen) atoms. The van der Waals surface area contributed by atoms with E-state index in [0.29, 0.717) is 0 Å². The zero-order valence-corrected chi connectivity index (χ0v) is 10.9. The second-order valence-electron chi connectivity index (χ2n) is 2.69. The Morgan fingerprint density at radius 3 is 2.62 bits per heavy atom. The molecular weight excluding hydrogens is 330 g/mol. The van der Waals surface area contributed by atoms with E-state index in [-0.39, 0.29) is 9.30 Å². The van der Waals surface area contributed by atoms with Gasteiger partial charge in [-0.1, -0.05) is 17.7 Å². The minimum Gasteiger partial charge on any atom is -0.249 e. The fraction of sp³-hybridized carbons (Fsp3) is 0.286. The van der Waals surface area contributed by atoms with Crippen molar-refractivity contribution in [3.63, 3.8) is 0 Å². The van der Waals surface area contributed by atoms with Crippen molar-refractivity contribution in [1.29, 1.82) is 0 Å². The number of nitrogens with zero attached hydrogens (tertiary/aromatic N) is 2. The summed E-state index contributed by atoms with van der Waals surface area (Å²) in [5.41, 5.74) is 0. The molecule has 1 aromatic rings. The van der Waals surface area contributed by atoms with E-state index in [1.807, 2.05) is 0 Å². The van der Waals surface area contributed by atoms with E-state index in [1.54, 1.807) is 0 Å². The molecule has 0 aliphatic heterocycles. The van der Waals surface area contributed by atoms with Crippen LogP contribution in [-0.4, -0.2) is 23.7 Å². The highest BCUT2D eigenvalue weighted by Gasteiger charge is 2.29. The van der Waals surface area contributed by atoms with Crippen molar-refractivity contribution in [2.75, 3.05) is 5.75 Å². The molecule has 1 rings (SSSR count). The van der Waals surface area contributed by atoms with Crippen LogP contribution in [-0.2, 0) is 9.84 Å². The number of hydrogen-bond donors (Lipinski definition) is 0. The first-order valence-electron chi connectivity index (χ1n) is 3.86. The molecule has 0 aromatic carbocycles. The molecule has 1 heterocycles. The minimum absolute atomic E-state index is 0.209. The summed E-state index contributed by atoms with van der Waals surface area (Å²) in [6, 6.07) is 0. The average molecular weight is 336 g/mol. The first-order chi connectivity index (χ1) is 7.31. The smallest absolute Gasteiger partial charge is 0.249 e. The first kappa shape index (κ1) is 13.6. The lowest BCUT2D eigenvalue weighted by atomic mass is 10.8. The molecule has 0 fully saturated rings. The predicted octanol–water partition coefficient (Wildman–Crippen LogP) is 2.65. The van der Waals surface area contributed by atoms with Gasteiger partial charge in [0.15, 0.2) is 14.9 Å². The molecule has 0 bridgehead atoms. The van der Waals surface area contributed by atoms with Crippen LogP contribution in [0.4, 0.5) is 8.78 Å². The summed E-state index contributed by atoms with van der Waals surface area (Å²) >= 11 is 8.22. The summed E-state index contributed by atoms with van der Waals surface area (Å²) < 4.78 is 48.3. The Kier molecular flexibility index (Phi) is 4.08. The second kappa shape index (κ2) is 4.80. The third kappa shape index (κ3) is 2.44. The van der Waals surface area contributed by atoms with Gasteiger partial charge >= 0.3 is 6.55 Å². The maximum Gasteiger partial charge on any atom is 0.321 e. The highest BCUT2D eigenvalue weighted by Crippen LogP contribution is 2.31. The van der Waals surface area contributed by atoms with Crippen molar-refractivity contribution >= 4 is 37.4 Å². The van der Waals surface area contributed by atoms with E-state index in [2.05, 4.69) is 27.5 Å². The highest BCUT2D eigenvalue weighted by atomic mass is 79.9. The van der Waals surface area contributed by atoms with Crippen LogP contribution in [0, 0.1) is 0 Å². The van der Waals surface area contributed by atoms with Gasteiger partial charge in [-0.15, -0.1) is 6.58 Å². The minimum atomic E-state index is -3.96. The molecular formula is C7H6BrClF2N2O2S. The van der Waals surface area contributed by atoms with Gasteiger partial charge < -0.3 is 0 Å². The molecule has 4 nitrogen and oxygen atoms in total. The summed E-state index contributed by atoms with van der Waals surface area (Å²) in [7, 11) is -3.96. The Balaban J connectivity index is 3.49. The lowest BCUT2D eigenvalue weighted by molar-refractivity contribution is 0.0587. The number of rotatable bonds is 4. The van der Waals surface area contributed by atoms with Gasteiger partial charge in [0.2, 0.25) is 9.84 Å². The van der Waals surface area contributed by atoms with E-state index in [4.69, 9.17) is 11.6 Å². The molecule has 0 saturated heterocycles. The molecule has 0 unspecified atom stereocenters.